The first-order chi connectivity index (χ1) is 11.6. The molecule has 5 heteroatoms. The number of amides is 2. The van der Waals surface area contributed by atoms with Gasteiger partial charge in [0.15, 0.2) is 0 Å². The molecule has 0 saturated heterocycles. The second-order valence-electron chi connectivity index (χ2n) is 6.00. The Morgan fingerprint density at radius 1 is 1.00 bits per heavy atom. The van der Waals surface area contributed by atoms with Crippen LogP contribution in [0.5, 0.6) is 0 Å². The lowest BCUT2D eigenvalue weighted by Crippen LogP contribution is -2.39. The normalized spacial score (nSPS) is 21.6. The summed E-state index contributed by atoms with van der Waals surface area (Å²) >= 11 is 0. The number of imide groups is 1. The van der Waals surface area contributed by atoms with Gasteiger partial charge in [-0.25, -0.2) is 0 Å². The van der Waals surface area contributed by atoms with Crippen LogP contribution in [0.25, 0.3) is 0 Å². The van der Waals surface area contributed by atoms with Crippen LogP contribution >= 0.6 is 0 Å². The summed E-state index contributed by atoms with van der Waals surface area (Å²) in [4.78, 5) is 39.1. The second-order valence-corrected chi connectivity index (χ2v) is 6.00. The van der Waals surface area contributed by atoms with Crippen LogP contribution in [0.3, 0.4) is 0 Å². The molecule has 1 aliphatic heterocycles. The van der Waals surface area contributed by atoms with Crippen LogP contribution < -0.4 is 0 Å². The van der Waals surface area contributed by atoms with Crippen LogP contribution in [0.4, 0.5) is 0 Å². The lowest BCUT2D eigenvalue weighted by Gasteiger charge is -2.27. The van der Waals surface area contributed by atoms with E-state index >= 15 is 0 Å². The average molecular weight is 321 g/mol. The maximum absolute atomic E-state index is 12.8. The fourth-order valence-corrected chi connectivity index (χ4v) is 3.72. The average Bonchev–Trinajstić information content (AvgIpc) is 3.11. The Balaban J connectivity index is 1.83. The van der Waals surface area contributed by atoms with Crippen LogP contribution in [-0.4, -0.2) is 29.8 Å². The third kappa shape index (κ3) is 1.91. The number of fused-ring (bicyclic) bond motifs is 2. The molecular weight excluding hydrogens is 306 g/mol. The lowest BCUT2D eigenvalue weighted by molar-refractivity contribution is -0.146. The highest BCUT2D eigenvalue weighted by atomic mass is 16.5. The van der Waals surface area contributed by atoms with Crippen molar-refractivity contribution in [3.8, 4) is 0 Å². The molecule has 1 heterocycles. The van der Waals surface area contributed by atoms with Crippen LogP contribution in [0.2, 0.25) is 0 Å². The Kier molecular flexibility index (Phi) is 3.23. The molecular formula is C19H15NO4. The summed E-state index contributed by atoms with van der Waals surface area (Å²) in [5.74, 6) is -1.69. The van der Waals surface area contributed by atoms with Gasteiger partial charge >= 0.3 is 5.97 Å². The topological polar surface area (TPSA) is 63.7 Å². The standard InChI is InChI=1S/C19H15NO4/c1-24-19(23)15-10-11-6-2-3-7-12(11)16(15)20-17(21)13-8-4-5-9-14(13)18(20)22/h2-9,15-16H,10H2,1H3/t15-,16+/m0/s1. The number of methoxy groups -OCH3 is 1. The zero-order chi connectivity index (χ0) is 16.8. The quantitative estimate of drug-likeness (QED) is 0.629. The first-order valence-corrected chi connectivity index (χ1v) is 7.76. The van der Waals surface area contributed by atoms with Gasteiger partial charge in [-0.1, -0.05) is 36.4 Å². The molecule has 0 N–H and O–H groups in total. The van der Waals surface area contributed by atoms with Gasteiger partial charge in [-0.15, -0.1) is 0 Å². The fourth-order valence-electron chi connectivity index (χ4n) is 3.72. The molecule has 2 aromatic carbocycles. The molecule has 0 spiro atoms. The molecule has 2 amide bonds. The summed E-state index contributed by atoms with van der Waals surface area (Å²) in [6.07, 6.45) is 0.459. The molecule has 0 aromatic heterocycles. The van der Waals surface area contributed by atoms with Gasteiger partial charge in [0.2, 0.25) is 0 Å². The van der Waals surface area contributed by atoms with Crippen molar-refractivity contribution in [1.82, 2.24) is 4.90 Å². The number of esters is 1. The van der Waals surface area contributed by atoms with Crippen molar-refractivity contribution in [1.29, 1.82) is 0 Å². The minimum Gasteiger partial charge on any atom is -0.469 e. The van der Waals surface area contributed by atoms with Crippen molar-refractivity contribution in [2.24, 2.45) is 5.92 Å². The number of carbonyl (C=O) groups excluding carboxylic acids is 3. The van der Waals surface area contributed by atoms with Gasteiger partial charge in [-0.05, 0) is 29.7 Å². The predicted molar refractivity (Wildman–Crippen MR) is 85.3 cm³/mol. The minimum absolute atomic E-state index is 0.355. The van der Waals surface area contributed by atoms with Gasteiger partial charge in [-0.3, -0.25) is 19.3 Å². The molecule has 0 fully saturated rings. The van der Waals surface area contributed by atoms with Crippen molar-refractivity contribution in [3.05, 3.63) is 70.8 Å². The van der Waals surface area contributed by atoms with E-state index in [2.05, 4.69) is 0 Å². The Bertz CT molecular complexity index is 838. The van der Waals surface area contributed by atoms with E-state index in [9.17, 15) is 14.4 Å². The molecule has 0 saturated carbocycles. The highest BCUT2D eigenvalue weighted by Crippen LogP contribution is 2.44. The van der Waals surface area contributed by atoms with E-state index in [1.807, 2.05) is 24.3 Å². The molecule has 5 nitrogen and oxygen atoms in total. The van der Waals surface area contributed by atoms with Gasteiger partial charge in [0.05, 0.1) is 30.2 Å². The molecule has 1 aliphatic carbocycles. The van der Waals surface area contributed by atoms with E-state index in [-0.39, 0.29) is 11.8 Å². The number of benzene rings is 2. The van der Waals surface area contributed by atoms with E-state index in [1.54, 1.807) is 24.3 Å². The monoisotopic (exact) mass is 321 g/mol. The molecule has 0 unspecified atom stereocenters. The van der Waals surface area contributed by atoms with E-state index < -0.39 is 17.9 Å². The summed E-state index contributed by atoms with van der Waals surface area (Å²) in [5, 5.41) is 0. The molecule has 4 rings (SSSR count). The zero-order valence-electron chi connectivity index (χ0n) is 13.1. The van der Waals surface area contributed by atoms with E-state index in [1.165, 1.54) is 12.0 Å². The molecule has 2 aromatic rings. The maximum atomic E-state index is 12.8. The van der Waals surface area contributed by atoms with Gasteiger partial charge in [0, 0.05) is 0 Å². The second kappa shape index (κ2) is 5.30. The maximum Gasteiger partial charge on any atom is 0.311 e. The first kappa shape index (κ1) is 14.6. The van der Waals surface area contributed by atoms with Crippen LogP contribution in [0.15, 0.2) is 48.5 Å². The van der Waals surface area contributed by atoms with Gasteiger partial charge in [0.25, 0.3) is 11.8 Å². The Morgan fingerprint density at radius 2 is 1.58 bits per heavy atom. The molecule has 24 heavy (non-hydrogen) atoms. The molecule has 120 valence electrons. The van der Waals surface area contributed by atoms with Crippen molar-refractivity contribution in [2.45, 2.75) is 12.5 Å². The Labute approximate surface area is 138 Å². The van der Waals surface area contributed by atoms with Crippen LogP contribution in [0.1, 0.15) is 37.9 Å². The van der Waals surface area contributed by atoms with Crippen molar-refractivity contribution in [2.75, 3.05) is 7.11 Å². The summed E-state index contributed by atoms with van der Waals surface area (Å²) < 4.78 is 4.91. The third-order valence-corrected chi connectivity index (χ3v) is 4.80. The number of ether oxygens (including phenoxy) is 1. The van der Waals surface area contributed by atoms with Crippen molar-refractivity contribution >= 4 is 17.8 Å². The largest absolute Gasteiger partial charge is 0.469 e. The number of rotatable bonds is 2. The Hall–Kier alpha value is -2.95. The van der Waals surface area contributed by atoms with Gasteiger partial charge < -0.3 is 4.74 Å². The molecule has 2 atom stereocenters. The van der Waals surface area contributed by atoms with E-state index in [0.717, 1.165) is 11.1 Å². The van der Waals surface area contributed by atoms with Gasteiger partial charge in [-0.2, -0.15) is 0 Å². The summed E-state index contributed by atoms with van der Waals surface area (Å²) in [7, 11) is 1.32. The molecule has 2 aliphatic rings. The predicted octanol–water partition coefficient (Wildman–Crippen LogP) is 2.37. The highest BCUT2D eigenvalue weighted by molar-refractivity contribution is 6.21. The summed E-state index contributed by atoms with van der Waals surface area (Å²) in [5.41, 5.74) is 2.57. The Morgan fingerprint density at radius 3 is 2.21 bits per heavy atom. The van der Waals surface area contributed by atoms with Gasteiger partial charge in [0.1, 0.15) is 0 Å². The summed E-state index contributed by atoms with van der Waals surface area (Å²) in [6.45, 7) is 0. The zero-order valence-corrected chi connectivity index (χ0v) is 13.1. The third-order valence-electron chi connectivity index (χ3n) is 4.80. The van der Waals surface area contributed by atoms with Crippen molar-refractivity contribution < 1.29 is 19.1 Å². The number of carbonyl (C=O) groups is 3. The van der Waals surface area contributed by atoms with E-state index in [0.29, 0.717) is 17.5 Å². The molecule has 0 bridgehead atoms. The SMILES string of the molecule is COC(=O)[C@H]1Cc2ccccc2[C@H]1N1C(=O)c2ccccc2C1=O. The highest BCUT2D eigenvalue weighted by Gasteiger charge is 2.49. The van der Waals surface area contributed by atoms with Crippen LogP contribution in [-0.2, 0) is 16.0 Å². The molecule has 0 radical (unpaired) electrons. The van der Waals surface area contributed by atoms with Crippen LogP contribution in [0, 0.1) is 5.92 Å². The van der Waals surface area contributed by atoms with Crippen molar-refractivity contribution in [3.63, 3.8) is 0 Å². The number of nitrogens with zero attached hydrogens (tertiary/aromatic N) is 1. The van der Waals surface area contributed by atoms with E-state index in [4.69, 9.17) is 4.74 Å². The lowest BCUT2D eigenvalue weighted by atomic mass is 9.99. The number of hydrogen-bond acceptors (Lipinski definition) is 4. The fraction of sp³-hybridized carbons (Fsp3) is 0.211. The first-order valence-electron chi connectivity index (χ1n) is 7.76. The smallest absolute Gasteiger partial charge is 0.311 e. The number of hydrogen-bond donors (Lipinski definition) is 0. The minimum atomic E-state index is -0.624. The summed E-state index contributed by atoms with van der Waals surface area (Å²) in [6, 6.07) is 13.6.